The van der Waals surface area contributed by atoms with Crippen LogP contribution in [0.1, 0.15) is 29.2 Å². The fourth-order valence-corrected chi connectivity index (χ4v) is 3.47. The normalized spacial score (nSPS) is 10.5. The van der Waals surface area contributed by atoms with Gasteiger partial charge >= 0.3 is 0 Å². The summed E-state index contributed by atoms with van der Waals surface area (Å²) < 4.78 is 12.1. The zero-order valence-corrected chi connectivity index (χ0v) is 18.3. The molecule has 3 aromatic rings. The highest BCUT2D eigenvalue weighted by Crippen LogP contribution is 2.35. The third-order valence-electron chi connectivity index (χ3n) is 4.70. The molecule has 0 fully saturated rings. The van der Waals surface area contributed by atoms with Crippen LogP contribution in [0.2, 0.25) is 5.02 Å². The number of nitrogens with one attached hydrogen (secondary N) is 1. The van der Waals surface area contributed by atoms with Gasteiger partial charge in [-0.1, -0.05) is 48.0 Å². The minimum Gasteiger partial charge on any atom is -0.490 e. The molecule has 0 heterocycles. The van der Waals surface area contributed by atoms with E-state index in [1.807, 2.05) is 43.3 Å². The van der Waals surface area contributed by atoms with Crippen molar-refractivity contribution in [2.45, 2.75) is 33.4 Å². The molecule has 0 aliphatic heterocycles. The minimum absolute atomic E-state index is 0.380. The Balaban J connectivity index is 1.85. The van der Waals surface area contributed by atoms with Gasteiger partial charge in [0, 0.05) is 28.4 Å². The van der Waals surface area contributed by atoms with Crippen molar-refractivity contribution in [1.82, 2.24) is 0 Å². The van der Waals surface area contributed by atoms with Gasteiger partial charge in [0.25, 0.3) is 0 Å². The molecule has 3 aromatic carbocycles. The predicted octanol–water partition coefficient (Wildman–Crippen LogP) is 6.97. The van der Waals surface area contributed by atoms with Crippen LogP contribution in [0.4, 0.5) is 5.69 Å². The van der Waals surface area contributed by atoms with Crippen LogP contribution in [0.15, 0.2) is 73.3 Å². The van der Waals surface area contributed by atoms with Gasteiger partial charge in [-0.25, -0.2) is 0 Å². The Morgan fingerprint density at radius 1 is 1.00 bits per heavy atom. The van der Waals surface area contributed by atoms with Crippen LogP contribution in [-0.2, 0) is 19.6 Å². The molecule has 0 atom stereocenters. The number of hydrogen-bond acceptors (Lipinski definition) is 3. The monoisotopic (exact) mass is 421 g/mol. The molecular weight excluding hydrogens is 394 g/mol. The van der Waals surface area contributed by atoms with Gasteiger partial charge < -0.3 is 14.8 Å². The summed E-state index contributed by atoms with van der Waals surface area (Å²) in [7, 11) is 0. The third kappa shape index (κ3) is 5.80. The fraction of sp³-hybridized carbons (Fsp3) is 0.231. The zero-order chi connectivity index (χ0) is 21.3. The number of ether oxygens (including phenoxy) is 2. The maximum absolute atomic E-state index is 6.29. The zero-order valence-electron chi connectivity index (χ0n) is 17.6. The average molecular weight is 422 g/mol. The van der Waals surface area contributed by atoms with Gasteiger partial charge in [0.15, 0.2) is 11.5 Å². The molecule has 0 bridgehead atoms. The highest BCUT2D eigenvalue weighted by atomic mass is 35.5. The van der Waals surface area contributed by atoms with E-state index in [2.05, 4.69) is 49.2 Å². The van der Waals surface area contributed by atoms with E-state index < -0.39 is 0 Å². The van der Waals surface area contributed by atoms with Gasteiger partial charge in [0.05, 0.1) is 6.61 Å². The van der Waals surface area contributed by atoms with Crippen LogP contribution in [0, 0.1) is 6.92 Å². The van der Waals surface area contributed by atoms with Crippen molar-refractivity contribution in [2.24, 2.45) is 0 Å². The summed E-state index contributed by atoms with van der Waals surface area (Å²) in [5.41, 5.74) is 5.44. The lowest BCUT2D eigenvalue weighted by Crippen LogP contribution is -2.06. The number of hydrogen-bond donors (Lipinski definition) is 1. The summed E-state index contributed by atoms with van der Waals surface area (Å²) in [5.74, 6) is 1.49. The Morgan fingerprint density at radius 3 is 2.57 bits per heavy atom. The highest BCUT2D eigenvalue weighted by Gasteiger charge is 2.14. The topological polar surface area (TPSA) is 30.5 Å². The van der Waals surface area contributed by atoms with Crippen molar-refractivity contribution in [2.75, 3.05) is 11.9 Å². The first-order valence-electron chi connectivity index (χ1n) is 10.2. The SMILES string of the molecule is C=CCc1cc(CNc2cccc(C)c2)cc(OCC)c1OCc1ccccc1Cl. The van der Waals surface area contributed by atoms with Crippen molar-refractivity contribution in [3.05, 3.63) is 101 Å². The van der Waals surface area contributed by atoms with E-state index >= 15 is 0 Å². The van der Waals surface area contributed by atoms with Gasteiger partial charge in [0.1, 0.15) is 6.61 Å². The maximum atomic E-state index is 6.29. The molecule has 0 saturated carbocycles. The number of benzene rings is 3. The first-order valence-corrected chi connectivity index (χ1v) is 10.5. The van der Waals surface area contributed by atoms with E-state index in [1.54, 1.807) is 0 Å². The molecule has 0 aromatic heterocycles. The number of rotatable bonds is 10. The molecule has 30 heavy (non-hydrogen) atoms. The molecule has 0 unspecified atom stereocenters. The summed E-state index contributed by atoms with van der Waals surface area (Å²) in [6.45, 7) is 9.60. The molecule has 0 amide bonds. The van der Waals surface area contributed by atoms with Crippen molar-refractivity contribution < 1.29 is 9.47 Å². The van der Waals surface area contributed by atoms with Gasteiger partial charge in [-0.15, -0.1) is 6.58 Å². The Morgan fingerprint density at radius 2 is 1.83 bits per heavy atom. The Kier molecular flexibility index (Phi) is 7.81. The van der Waals surface area contributed by atoms with Crippen LogP contribution in [0.25, 0.3) is 0 Å². The molecule has 0 spiro atoms. The summed E-state index contributed by atoms with van der Waals surface area (Å²) in [5, 5.41) is 4.18. The van der Waals surface area contributed by atoms with Crippen LogP contribution in [0.5, 0.6) is 11.5 Å². The maximum Gasteiger partial charge on any atom is 0.165 e. The van der Waals surface area contributed by atoms with Gasteiger partial charge in [-0.2, -0.15) is 0 Å². The lowest BCUT2D eigenvalue weighted by Gasteiger charge is -2.18. The summed E-state index contributed by atoms with van der Waals surface area (Å²) in [6.07, 6.45) is 2.57. The van der Waals surface area contributed by atoms with Gasteiger partial charge in [0.2, 0.25) is 0 Å². The Hall–Kier alpha value is -2.91. The summed E-state index contributed by atoms with van der Waals surface area (Å²) in [6, 6.07) is 20.2. The molecule has 4 heteroatoms. The average Bonchev–Trinajstić information content (AvgIpc) is 2.73. The van der Waals surface area contributed by atoms with Crippen LogP contribution >= 0.6 is 11.6 Å². The second-order valence-corrected chi connectivity index (χ2v) is 7.52. The van der Waals surface area contributed by atoms with Crippen LogP contribution in [0.3, 0.4) is 0 Å². The first-order chi connectivity index (χ1) is 14.6. The quantitative estimate of drug-likeness (QED) is 0.358. The van der Waals surface area contributed by atoms with Crippen molar-refractivity contribution >= 4 is 17.3 Å². The molecule has 0 saturated heterocycles. The van der Waals surface area contributed by atoms with E-state index in [9.17, 15) is 0 Å². The van der Waals surface area contributed by atoms with Crippen molar-refractivity contribution in [3.63, 3.8) is 0 Å². The number of aryl methyl sites for hydroxylation is 1. The standard InChI is InChI=1S/C26H28ClNO2/c1-4-9-21-15-20(17-28-23-12-8-10-19(3)14-23)16-25(29-5-2)26(21)30-18-22-11-6-7-13-24(22)27/h4,6-8,10-16,28H,1,5,9,17-18H2,2-3H3. The number of allylic oxidation sites excluding steroid dienone is 1. The molecule has 3 rings (SSSR count). The Labute approximate surface area is 184 Å². The molecule has 156 valence electrons. The van der Waals surface area contributed by atoms with Crippen LogP contribution < -0.4 is 14.8 Å². The second kappa shape index (κ2) is 10.7. The molecule has 0 aliphatic rings. The lowest BCUT2D eigenvalue weighted by atomic mass is 10.0. The van der Waals surface area contributed by atoms with Gasteiger partial charge in [-0.05, 0) is 61.7 Å². The third-order valence-corrected chi connectivity index (χ3v) is 5.07. The van der Waals surface area contributed by atoms with Gasteiger partial charge in [-0.3, -0.25) is 0 Å². The highest BCUT2D eigenvalue weighted by molar-refractivity contribution is 6.31. The smallest absolute Gasteiger partial charge is 0.165 e. The molecule has 1 N–H and O–H groups in total. The predicted molar refractivity (Wildman–Crippen MR) is 126 cm³/mol. The molecule has 3 nitrogen and oxygen atoms in total. The second-order valence-electron chi connectivity index (χ2n) is 7.11. The van der Waals surface area contributed by atoms with Crippen LogP contribution in [-0.4, -0.2) is 6.61 Å². The Bertz CT molecular complexity index is 1000. The summed E-state index contributed by atoms with van der Waals surface area (Å²) >= 11 is 6.29. The lowest BCUT2D eigenvalue weighted by molar-refractivity contribution is 0.267. The molecule has 0 radical (unpaired) electrons. The van der Waals surface area contributed by atoms with E-state index in [0.717, 1.165) is 33.9 Å². The number of halogens is 1. The first kappa shape index (κ1) is 21.8. The van der Waals surface area contributed by atoms with Crippen molar-refractivity contribution in [3.8, 4) is 11.5 Å². The fourth-order valence-electron chi connectivity index (χ4n) is 3.28. The minimum atomic E-state index is 0.380. The molecular formula is C26H28ClNO2. The molecule has 0 aliphatic carbocycles. The van der Waals surface area contributed by atoms with E-state index in [-0.39, 0.29) is 0 Å². The largest absolute Gasteiger partial charge is 0.490 e. The summed E-state index contributed by atoms with van der Waals surface area (Å²) in [4.78, 5) is 0. The number of anilines is 1. The van der Waals surface area contributed by atoms with E-state index in [4.69, 9.17) is 21.1 Å². The van der Waals surface area contributed by atoms with E-state index in [0.29, 0.717) is 31.2 Å². The van der Waals surface area contributed by atoms with Crippen molar-refractivity contribution in [1.29, 1.82) is 0 Å². The van der Waals surface area contributed by atoms with E-state index in [1.165, 1.54) is 5.56 Å².